The van der Waals surface area contributed by atoms with Crippen molar-refractivity contribution in [2.75, 3.05) is 0 Å². The normalized spacial score (nSPS) is 38.0. The molecule has 2 bridgehead atoms. The molecule has 0 aromatic rings. The number of carboxylic acids is 2. The van der Waals surface area contributed by atoms with Crippen LogP contribution in [0.25, 0.3) is 0 Å². The van der Waals surface area contributed by atoms with Gasteiger partial charge in [0.05, 0.1) is 11.8 Å². The predicted molar refractivity (Wildman–Crippen MR) is 43.0 cm³/mol. The van der Waals surface area contributed by atoms with Gasteiger partial charge in [0.15, 0.2) is 0 Å². The van der Waals surface area contributed by atoms with Gasteiger partial charge in [-0.25, -0.2) is 0 Å². The van der Waals surface area contributed by atoms with Crippen molar-refractivity contribution in [1.29, 1.82) is 0 Å². The zero-order valence-corrected chi connectivity index (χ0v) is 8.67. The Morgan fingerprint density at radius 1 is 1.00 bits per heavy atom. The fraction of sp³-hybridized carbons (Fsp3) is 0.556. The second-order valence-corrected chi connectivity index (χ2v) is 3.68. The molecule has 2 N–H and O–H groups in total. The van der Waals surface area contributed by atoms with E-state index in [-0.39, 0.29) is 34.2 Å². The van der Waals surface area contributed by atoms with Crippen molar-refractivity contribution in [2.24, 2.45) is 23.7 Å². The third-order valence-corrected chi connectivity index (χ3v) is 3.03. The van der Waals surface area contributed by atoms with Crippen molar-refractivity contribution in [1.82, 2.24) is 0 Å². The van der Waals surface area contributed by atoms with E-state index in [1.165, 1.54) is 0 Å². The Morgan fingerprint density at radius 2 is 1.36 bits per heavy atom. The maximum absolute atomic E-state index is 10.8. The summed E-state index contributed by atoms with van der Waals surface area (Å²) in [5.41, 5.74) is 0. The van der Waals surface area contributed by atoms with E-state index >= 15 is 0 Å². The van der Waals surface area contributed by atoms with Crippen molar-refractivity contribution < 1.29 is 42.2 Å². The van der Waals surface area contributed by atoms with Crippen LogP contribution in [0.1, 0.15) is 6.42 Å². The molecule has 0 saturated heterocycles. The summed E-state index contributed by atoms with van der Waals surface area (Å²) in [5, 5.41) is 17.7. The Bertz CT molecular complexity index is 271. The van der Waals surface area contributed by atoms with Crippen molar-refractivity contribution in [3.8, 4) is 0 Å². The van der Waals surface area contributed by atoms with Crippen LogP contribution in [0.5, 0.6) is 0 Å². The van der Waals surface area contributed by atoms with Gasteiger partial charge in [0.2, 0.25) is 0 Å². The number of carboxylic acid groups (broad SMARTS) is 2. The first kappa shape index (κ1) is 11.5. The van der Waals surface area contributed by atoms with E-state index in [4.69, 9.17) is 10.2 Å². The van der Waals surface area contributed by atoms with Crippen LogP contribution >= 0.6 is 0 Å². The van der Waals surface area contributed by atoms with Gasteiger partial charge in [-0.1, -0.05) is 12.2 Å². The first-order valence-corrected chi connectivity index (χ1v) is 4.25. The Hall–Kier alpha value is -0.580. The first-order chi connectivity index (χ1) is 6.11. The summed E-state index contributed by atoms with van der Waals surface area (Å²) in [6.45, 7) is 0. The predicted octanol–water partition coefficient (Wildman–Crippen LogP) is 0.591. The van der Waals surface area contributed by atoms with Crippen LogP contribution < -0.4 is 0 Å². The van der Waals surface area contributed by atoms with E-state index in [9.17, 15) is 9.59 Å². The summed E-state index contributed by atoms with van der Waals surface area (Å²) in [4.78, 5) is 21.6. The average molecular weight is 290 g/mol. The number of carbonyl (C=O) groups is 2. The summed E-state index contributed by atoms with van der Waals surface area (Å²) >= 11 is 0. The van der Waals surface area contributed by atoms with Crippen molar-refractivity contribution >= 4 is 11.9 Å². The molecule has 14 heavy (non-hydrogen) atoms. The zero-order chi connectivity index (χ0) is 9.59. The number of hydrogen-bond acceptors (Lipinski definition) is 2. The van der Waals surface area contributed by atoms with Gasteiger partial charge in [0, 0.05) is 22.4 Å². The molecule has 1 saturated carbocycles. The van der Waals surface area contributed by atoms with E-state index in [1.807, 2.05) is 12.2 Å². The van der Waals surface area contributed by atoms with Gasteiger partial charge in [0.1, 0.15) is 0 Å². The fourth-order valence-electron chi connectivity index (χ4n) is 2.50. The minimum absolute atomic E-state index is 0. The first-order valence-electron chi connectivity index (χ1n) is 4.25. The number of hydrogen-bond donors (Lipinski definition) is 2. The van der Waals surface area contributed by atoms with Gasteiger partial charge in [0.25, 0.3) is 0 Å². The van der Waals surface area contributed by atoms with E-state index in [0.717, 1.165) is 0 Å². The molecule has 2 rings (SSSR count). The molecule has 4 unspecified atom stereocenters. The molecule has 4 atom stereocenters. The summed E-state index contributed by atoms with van der Waals surface area (Å²) in [6.07, 6.45) is 4.36. The topological polar surface area (TPSA) is 74.6 Å². The molecular weight excluding hydrogens is 280 g/mol. The van der Waals surface area contributed by atoms with Crippen molar-refractivity contribution in [3.05, 3.63) is 12.2 Å². The number of rotatable bonds is 2. The minimum Gasteiger partial charge on any atom is -0.481 e. The van der Waals surface area contributed by atoms with Crippen LogP contribution in [0, 0.1) is 23.7 Å². The Labute approximate surface area is 96.5 Å². The molecule has 5 heteroatoms. The molecule has 0 aromatic heterocycles. The maximum atomic E-state index is 10.8. The quantitative estimate of drug-likeness (QED) is 0.576. The van der Waals surface area contributed by atoms with Crippen LogP contribution in [0.15, 0.2) is 12.2 Å². The van der Waals surface area contributed by atoms with Gasteiger partial charge in [-0.3, -0.25) is 9.59 Å². The smallest absolute Gasteiger partial charge is 0.307 e. The molecule has 2 aliphatic rings. The zero-order valence-electron chi connectivity index (χ0n) is 7.18. The number of fused-ring (bicyclic) bond motifs is 2. The molecule has 0 aliphatic heterocycles. The molecule has 0 aromatic carbocycles. The summed E-state index contributed by atoms with van der Waals surface area (Å²) in [6, 6.07) is 0. The van der Waals surface area contributed by atoms with Gasteiger partial charge < -0.3 is 10.2 Å². The second-order valence-electron chi connectivity index (χ2n) is 3.68. The minimum atomic E-state index is -0.982. The monoisotopic (exact) mass is 289 g/mol. The van der Waals surface area contributed by atoms with Gasteiger partial charge in [-0.15, -0.1) is 0 Å². The molecule has 4 nitrogen and oxygen atoms in total. The molecule has 0 heterocycles. The van der Waals surface area contributed by atoms with Crippen LogP contribution in [0.2, 0.25) is 0 Å². The van der Waals surface area contributed by atoms with E-state index < -0.39 is 23.8 Å². The average Bonchev–Trinajstić information content (AvgIpc) is 2.60. The molecule has 2 aliphatic carbocycles. The standard InChI is InChI=1S/C9H10O4.Ag/c10-8(11)6-4-1-2-5(3-4)7(6)9(12)13;/h1-2,4-7H,3H2,(H,10,11)(H,12,13);. The van der Waals surface area contributed by atoms with Crippen LogP contribution in [-0.4, -0.2) is 22.2 Å². The summed E-state index contributed by atoms with van der Waals surface area (Å²) in [7, 11) is 0. The second kappa shape index (κ2) is 3.88. The largest absolute Gasteiger partial charge is 0.481 e. The van der Waals surface area contributed by atoms with Crippen molar-refractivity contribution in [3.63, 3.8) is 0 Å². The fourth-order valence-corrected chi connectivity index (χ4v) is 2.50. The molecule has 0 spiro atoms. The van der Waals surface area contributed by atoms with Crippen molar-refractivity contribution in [2.45, 2.75) is 6.42 Å². The number of aliphatic carboxylic acids is 2. The maximum Gasteiger partial charge on any atom is 0.307 e. The van der Waals surface area contributed by atoms with Crippen LogP contribution in [-0.2, 0) is 32.0 Å². The summed E-state index contributed by atoms with van der Waals surface area (Å²) in [5.74, 6) is -3.53. The van der Waals surface area contributed by atoms with E-state index in [2.05, 4.69) is 0 Å². The van der Waals surface area contributed by atoms with E-state index in [0.29, 0.717) is 6.42 Å². The summed E-state index contributed by atoms with van der Waals surface area (Å²) < 4.78 is 0. The molecule has 0 amide bonds. The molecular formula is C9H10AgO4. The third kappa shape index (κ3) is 1.54. The van der Waals surface area contributed by atoms with E-state index in [1.54, 1.807) is 0 Å². The van der Waals surface area contributed by atoms with Gasteiger partial charge in [-0.05, 0) is 18.3 Å². The third-order valence-electron chi connectivity index (χ3n) is 3.03. The number of allylic oxidation sites excluding steroid dienone is 2. The Balaban J connectivity index is 0.000000980. The Morgan fingerprint density at radius 3 is 1.64 bits per heavy atom. The molecule has 1 radical (unpaired) electrons. The van der Waals surface area contributed by atoms with Crippen LogP contribution in [0.4, 0.5) is 0 Å². The molecule has 81 valence electrons. The SMILES string of the molecule is O=C(O)C1C2C=CC(C2)C1C(=O)O.[Ag]. The van der Waals surface area contributed by atoms with Gasteiger partial charge >= 0.3 is 11.9 Å². The Kier molecular flexibility index (Phi) is 3.19. The van der Waals surface area contributed by atoms with Gasteiger partial charge in [-0.2, -0.15) is 0 Å². The van der Waals surface area contributed by atoms with Crippen LogP contribution in [0.3, 0.4) is 0 Å². The molecule has 1 fully saturated rings.